The number of ether oxygens (including phenoxy) is 1. The topological polar surface area (TPSA) is 88.0 Å². The van der Waals surface area contributed by atoms with E-state index in [0.717, 1.165) is 40.9 Å². The Hall–Kier alpha value is -4.02. The molecule has 1 aliphatic rings. The molecule has 0 fully saturated rings. The van der Waals surface area contributed by atoms with Crippen LogP contribution in [0, 0.1) is 12.3 Å². The third-order valence-electron chi connectivity index (χ3n) is 8.17. The van der Waals surface area contributed by atoms with Gasteiger partial charge in [0.1, 0.15) is 11.2 Å². The highest BCUT2D eigenvalue weighted by Crippen LogP contribution is 2.40. The first-order chi connectivity index (χ1) is 20.6. The molecule has 5 rings (SSSR count). The van der Waals surface area contributed by atoms with Gasteiger partial charge in [-0.15, -0.1) is 11.3 Å². The highest BCUT2D eigenvalue weighted by molar-refractivity contribution is 7.17. The number of carbonyl (C=O) groups is 2. The first-order valence-electron chi connectivity index (χ1n) is 14.7. The number of benzene rings is 1. The predicted molar refractivity (Wildman–Crippen MR) is 172 cm³/mol. The minimum atomic E-state index is -1.15. The molecule has 9 nitrogen and oxygen atoms in total. The molecule has 4 aromatic rings. The van der Waals surface area contributed by atoms with Crippen LogP contribution in [0.15, 0.2) is 65.0 Å². The fraction of sp³-hybridized carbons (Fsp3) is 0.394. The van der Waals surface area contributed by atoms with E-state index in [-0.39, 0.29) is 17.4 Å². The molecule has 3 aromatic heterocycles. The molecule has 226 valence electrons. The molecule has 0 saturated heterocycles. The quantitative estimate of drug-likeness (QED) is 0.176. The van der Waals surface area contributed by atoms with Crippen LogP contribution in [-0.2, 0) is 22.7 Å². The maximum absolute atomic E-state index is 13.2. The molecule has 0 N–H and O–H groups in total. The number of amides is 2. The number of anilines is 2. The van der Waals surface area contributed by atoms with Gasteiger partial charge < -0.3 is 19.1 Å². The van der Waals surface area contributed by atoms with Crippen molar-refractivity contribution in [3.05, 3.63) is 81.8 Å². The van der Waals surface area contributed by atoms with Gasteiger partial charge in [-0.25, -0.2) is 0 Å². The second kappa shape index (κ2) is 12.7. The van der Waals surface area contributed by atoms with Crippen LogP contribution >= 0.6 is 11.3 Å². The van der Waals surface area contributed by atoms with E-state index in [1.807, 2.05) is 61.8 Å². The lowest BCUT2D eigenvalue weighted by molar-refractivity contribution is -0.137. The van der Waals surface area contributed by atoms with E-state index >= 15 is 0 Å². The maximum Gasteiger partial charge on any atom is 0.268 e. The van der Waals surface area contributed by atoms with E-state index in [1.165, 1.54) is 11.3 Å². The van der Waals surface area contributed by atoms with Crippen LogP contribution in [-0.4, -0.2) is 59.6 Å². The summed E-state index contributed by atoms with van der Waals surface area (Å²) in [5, 5.41) is 2.94. The van der Waals surface area contributed by atoms with Crippen LogP contribution in [0.25, 0.3) is 10.1 Å². The standard InChI is InChI=1S/C33H39N5O4S/c1-6-38-27-11-10-26(21-28(27)35(5)31(40)33(3,4)32(38)41)42-19-8-15-36(22-25-9-7-14-34-23(25)2)17-18-37-16-12-24-13-20-43-29(24)30(37)39/h7,9-14,16,20-21H,6,8,15,17-19,22H2,1-5H3. The summed E-state index contributed by atoms with van der Waals surface area (Å²) in [7, 11) is 1.71. The Morgan fingerprint density at radius 2 is 1.84 bits per heavy atom. The number of hydrogen-bond acceptors (Lipinski definition) is 7. The highest BCUT2D eigenvalue weighted by Gasteiger charge is 2.45. The van der Waals surface area contributed by atoms with Crippen molar-refractivity contribution in [2.24, 2.45) is 5.41 Å². The van der Waals surface area contributed by atoms with Crippen LogP contribution in [0.5, 0.6) is 5.75 Å². The SMILES string of the molecule is CCN1C(=O)C(C)(C)C(=O)N(C)c2cc(OCCCN(CCn3ccc4ccsc4c3=O)Cc3cccnc3C)ccc21. The van der Waals surface area contributed by atoms with Gasteiger partial charge in [-0.3, -0.25) is 24.3 Å². The smallest absolute Gasteiger partial charge is 0.268 e. The fourth-order valence-corrected chi connectivity index (χ4v) is 6.40. The average molecular weight is 602 g/mol. The predicted octanol–water partition coefficient (Wildman–Crippen LogP) is 5.09. The summed E-state index contributed by atoms with van der Waals surface area (Å²) in [4.78, 5) is 49.3. The molecule has 1 aromatic carbocycles. The number of aromatic nitrogens is 2. The van der Waals surface area contributed by atoms with Gasteiger partial charge in [-0.05, 0) is 80.8 Å². The summed E-state index contributed by atoms with van der Waals surface area (Å²) in [5.74, 6) is 0.193. The molecule has 2 amide bonds. The molecule has 0 unspecified atom stereocenters. The van der Waals surface area contributed by atoms with Crippen LogP contribution < -0.4 is 20.1 Å². The maximum atomic E-state index is 13.2. The Morgan fingerprint density at radius 3 is 2.60 bits per heavy atom. The second-order valence-corrected chi connectivity index (χ2v) is 12.4. The van der Waals surface area contributed by atoms with Crippen LogP contribution in [0.1, 0.15) is 38.4 Å². The number of rotatable bonds is 11. The van der Waals surface area contributed by atoms with Crippen LogP contribution in [0.4, 0.5) is 11.4 Å². The lowest BCUT2D eigenvalue weighted by Crippen LogP contribution is -2.47. The number of pyridine rings is 2. The normalized spacial score (nSPS) is 14.8. The van der Waals surface area contributed by atoms with Gasteiger partial charge in [-0.2, -0.15) is 0 Å². The Kier molecular flexibility index (Phi) is 8.98. The van der Waals surface area contributed by atoms with Gasteiger partial charge >= 0.3 is 0 Å². The molecule has 4 heterocycles. The van der Waals surface area contributed by atoms with Gasteiger partial charge in [0.2, 0.25) is 11.8 Å². The van der Waals surface area contributed by atoms with Gasteiger partial charge in [0.25, 0.3) is 5.56 Å². The third-order valence-corrected chi connectivity index (χ3v) is 9.09. The second-order valence-electron chi connectivity index (χ2n) is 11.4. The van der Waals surface area contributed by atoms with Crippen molar-refractivity contribution in [1.82, 2.24) is 14.5 Å². The average Bonchev–Trinajstić information content (AvgIpc) is 3.48. The summed E-state index contributed by atoms with van der Waals surface area (Å²) in [5.41, 5.74) is 2.40. The number of fused-ring (bicyclic) bond motifs is 2. The molecule has 1 aliphatic heterocycles. The summed E-state index contributed by atoms with van der Waals surface area (Å²) in [6, 6.07) is 13.6. The zero-order chi connectivity index (χ0) is 30.7. The van der Waals surface area contributed by atoms with E-state index in [2.05, 4.69) is 16.0 Å². The van der Waals surface area contributed by atoms with Crippen molar-refractivity contribution in [2.75, 3.05) is 43.1 Å². The van der Waals surface area contributed by atoms with E-state index < -0.39 is 5.41 Å². The van der Waals surface area contributed by atoms with E-state index in [1.54, 1.807) is 41.5 Å². The first kappa shape index (κ1) is 30.4. The van der Waals surface area contributed by atoms with Gasteiger partial charge in [0.15, 0.2) is 0 Å². The molecule has 0 radical (unpaired) electrons. The number of nitrogens with zero attached hydrogens (tertiary/aromatic N) is 5. The molecule has 0 spiro atoms. The first-order valence-corrected chi connectivity index (χ1v) is 15.6. The largest absolute Gasteiger partial charge is 0.493 e. The molecular weight excluding hydrogens is 562 g/mol. The Morgan fingerprint density at radius 1 is 1.02 bits per heavy atom. The highest BCUT2D eigenvalue weighted by atomic mass is 32.1. The Labute approximate surface area is 256 Å². The van der Waals surface area contributed by atoms with Crippen molar-refractivity contribution in [1.29, 1.82) is 0 Å². The Bertz CT molecular complexity index is 1690. The summed E-state index contributed by atoms with van der Waals surface area (Å²) < 4.78 is 8.73. The lowest BCUT2D eigenvalue weighted by Gasteiger charge is -2.27. The van der Waals surface area contributed by atoms with Crippen molar-refractivity contribution in [3.8, 4) is 5.75 Å². The van der Waals surface area contributed by atoms with E-state index in [9.17, 15) is 14.4 Å². The molecule has 0 saturated carbocycles. The third kappa shape index (κ3) is 6.21. The number of hydrogen-bond donors (Lipinski definition) is 0. The zero-order valence-electron chi connectivity index (χ0n) is 25.5. The number of carbonyl (C=O) groups excluding carboxylic acids is 2. The summed E-state index contributed by atoms with van der Waals surface area (Å²) >= 11 is 1.48. The molecule has 43 heavy (non-hydrogen) atoms. The minimum Gasteiger partial charge on any atom is -0.493 e. The zero-order valence-corrected chi connectivity index (χ0v) is 26.3. The van der Waals surface area contributed by atoms with E-state index in [0.29, 0.717) is 43.4 Å². The van der Waals surface area contributed by atoms with Gasteiger partial charge in [0, 0.05) is 63.9 Å². The van der Waals surface area contributed by atoms with Gasteiger partial charge in [-0.1, -0.05) is 6.07 Å². The molecule has 0 atom stereocenters. The van der Waals surface area contributed by atoms with Crippen LogP contribution in [0.3, 0.4) is 0 Å². The lowest BCUT2D eigenvalue weighted by atomic mass is 9.90. The molecule has 0 bridgehead atoms. The molecular formula is C33H39N5O4S. The van der Waals surface area contributed by atoms with Gasteiger partial charge in [0.05, 0.1) is 22.7 Å². The van der Waals surface area contributed by atoms with Crippen LogP contribution in [0.2, 0.25) is 0 Å². The monoisotopic (exact) mass is 601 g/mol. The summed E-state index contributed by atoms with van der Waals surface area (Å²) in [6.07, 6.45) is 4.44. The van der Waals surface area contributed by atoms with Crippen molar-refractivity contribution in [2.45, 2.75) is 47.2 Å². The fourth-order valence-electron chi connectivity index (χ4n) is 5.56. The molecule has 10 heteroatoms. The van der Waals surface area contributed by atoms with Crippen molar-refractivity contribution >= 4 is 44.6 Å². The van der Waals surface area contributed by atoms with Crippen molar-refractivity contribution < 1.29 is 14.3 Å². The van der Waals surface area contributed by atoms with E-state index in [4.69, 9.17) is 4.74 Å². The minimum absolute atomic E-state index is 0.0479. The summed E-state index contributed by atoms with van der Waals surface area (Å²) in [6.45, 7) is 11.0. The van der Waals surface area contributed by atoms with Crippen molar-refractivity contribution in [3.63, 3.8) is 0 Å². The number of aryl methyl sites for hydroxylation is 1. The number of thiophene rings is 1. The molecule has 0 aliphatic carbocycles. The Balaban J connectivity index is 1.26.